The van der Waals surface area contributed by atoms with Crippen LogP contribution in [-0.2, 0) is 25.9 Å². The first kappa shape index (κ1) is 18.2. The molecule has 1 N–H and O–H groups in total. The second-order valence-electron chi connectivity index (χ2n) is 7.66. The maximum Gasteiger partial charge on any atom is 0.0794 e. The van der Waals surface area contributed by atoms with Gasteiger partial charge in [0.15, 0.2) is 0 Å². The maximum atomic E-state index is 10.7. The van der Waals surface area contributed by atoms with Gasteiger partial charge in [0.2, 0.25) is 0 Å². The van der Waals surface area contributed by atoms with E-state index in [9.17, 15) is 5.11 Å². The number of β-amino-alcohol motifs (C(OH)–C–C–N with tert-alkyl or cyclic N) is 1. The first-order valence-corrected chi connectivity index (χ1v) is 10.4. The topological polar surface area (TPSA) is 26.7 Å². The van der Waals surface area contributed by atoms with Crippen molar-refractivity contribution in [3.05, 3.63) is 69.2 Å². The number of benzene rings is 2. The smallest absolute Gasteiger partial charge is 0.0794 e. The summed E-state index contributed by atoms with van der Waals surface area (Å²) in [5.74, 6) is 0. The molecule has 0 saturated heterocycles. The van der Waals surface area contributed by atoms with Crippen LogP contribution in [0.1, 0.15) is 28.7 Å². The van der Waals surface area contributed by atoms with Crippen molar-refractivity contribution in [1.82, 2.24) is 9.80 Å². The SMILES string of the molecule is O[C@H](CN1CCCc2cc(Br)ccc2C1)CN1CCc2ccccc2C1. The highest BCUT2D eigenvalue weighted by Crippen LogP contribution is 2.23. The van der Waals surface area contributed by atoms with Gasteiger partial charge in [-0.1, -0.05) is 46.3 Å². The van der Waals surface area contributed by atoms with E-state index in [-0.39, 0.29) is 6.10 Å². The van der Waals surface area contributed by atoms with Gasteiger partial charge in [-0.25, -0.2) is 0 Å². The summed E-state index contributed by atoms with van der Waals surface area (Å²) in [6.45, 7) is 5.54. The van der Waals surface area contributed by atoms with Gasteiger partial charge in [0, 0.05) is 37.2 Å². The Morgan fingerprint density at radius 2 is 1.54 bits per heavy atom. The van der Waals surface area contributed by atoms with E-state index in [1.807, 2.05) is 0 Å². The van der Waals surface area contributed by atoms with Crippen LogP contribution in [0.2, 0.25) is 0 Å². The van der Waals surface area contributed by atoms with Gasteiger partial charge in [0.1, 0.15) is 0 Å². The lowest BCUT2D eigenvalue weighted by Gasteiger charge is -2.32. The van der Waals surface area contributed by atoms with Gasteiger partial charge in [-0.3, -0.25) is 9.80 Å². The van der Waals surface area contributed by atoms with Crippen LogP contribution >= 0.6 is 15.9 Å². The third-order valence-corrected chi connectivity index (χ3v) is 6.12. The van der Waals surface area contributed by atoms with Crippen molar-refractivity contribution >= 4 is 15.9 Å². The minimum absolute atomic E-state index is 0.294. The molecule has 0 spiro atoms. The van der Waals surface area contributed by atoms with Gasteiger partial charge in [0.25, 0.3) is 0 Å². The van der Waals surface area contributed by atoms with Crippen molar-refractivity contribution in [1.29, 1.82) is 0 Å². The number of aliphatic hydroxyl groups is 1. The number of hydrogen-bond acceptors (Lipinski definition) is 3. The van der Waals surface area contributed by atoms with Crippen LogP contribution < -0.4 is 0 Å². The fraction of sp³-hybridized carbons (Fsp3) is 0.455. The van der Waals surface area contributed by atoms with E-state index in [0.717, 1.165) is 63.0 Å². The van der Waals surface area contributed by atoms with Gasteiger partial charge in [-0.05, 0) is 60.2 Å². The quantitative estimate of drug-likeness (QED) is 0.827. The molecule has 2 aliphatic rings. The van der Waals surface area contributed by atoms with Crippen LogP contribution in [0, 0.1) is 0 Å². The van der Waals surface area contributed by atoms with Crippen molar-refractivity contribution in [2.75, 3.05) is 26.2 Å². The summed E-state index contributed by atoms with van der Waals surface area (Å²) < 4.78 is 1.16. The molecule has 0 aromatic heterocycles. The summed E-state index contributed by atoms with van der Waals surface area (Å²) >= 11 is 3.58. The van der Waals surface area contributed by atoms with Gasteiger partial charge in [-0.15, -0.1) is 0 Å². The Bertz CT molecular complexity index is 764. The third-order valence-electron chi connectivity index (χ3n) is 5.63. The van der Waals surface area contributed by atoms with Crippen LogP contribution in [0.25, 0.3) is 0 Å². The van der Waals surface area contributed by atoms with Gasteiger partial charge in [0.05, 0.1) is 6.10 Å². The van der Waals surface area contributed by atoms with Crippen LogP contribution in [0.3, 0.4) is 0 Å². The summed E-state index contributed by atoms with van der Waals surface area (Å²) in [7, 11) is 0. The highest BCUT2D eigenvalue weighted by atomic mass is 79.9. The van der Waals surface area contributed by atoms with Gasteiger partial charge in [-0.2, -0.15) is 0 Å². The minimum Gasteiger partial charge on any atom is -0.390 e. The number of aryl methyl sites for hydroxylation is 1. The molecule has 4 heteroatoms. The first-order chi connectivity index (χ1) is 12.7. The Labute approximate surface area is 164 Å². The third kappa shape index (κ3) is 4.37. The zero-order chi connectivity index (χ0) is 17.9. The normalized spacial score (nSPS) is 19.5. The Morgan fingerprint density at radius 3 is 2.35 bits per heavy atom. The van der Waals surface area contributed by atoms with Gasteiger partial charge < -0.3 is 5.11 Å². The van der Waals surface area contributed by atoms with Crippen molar-refractivity contribution in [3.8, 4) is 0 Å². The lowest BCUT2D eigenvalue weighted by Crippen LogP contribution is -2.42. The summed E-state index contributed by atoms with van der Waals surface area (Å²) in [5.41, 5.74) is 5.74. The summed E-state index contributed by atoms with van der Waals surface area (Å²) in [5, 5.41) is 10.7. The van der Waals surface area contributed by atoms with Crippen LogP contribution in [0.15, 0.2) is 46.9 Å². The molecule has 2 heterocycles. The predicted molar refractivity (Wildman–Crippen MR) is 109 cm³/mol. The molecule has 4 rings (SSSR count). The van der Waals surface area contributed by atoms with E-state index in [1.54, 1.807) is 0 Å². The highest BCUT2D eigenvalue weighted by molar-refractivity contribution is 9.10. The molecule has 0 saturated carbocycles. The molecular weight excluding hydrogens is 388 g/mol. The molecule has 138 valence electrons. The van der Waals surface area contributed by atoms with E-state index in [0.29, 0.717) is 0 Å². The molecule has 0 radical (unpaired) electrons. The zero-order valence-corrected chi connectivity index (χ0v) is 16.8. The van der Waals surface area contributed by atoms with Crippen LogP contribution in [0.5, 0.6) is 0 Å². The molecule has 26 heavy (non-hydrogen) atoms. The Hall–Kier alpha value is -1.20. The fourth-order valence-electron chi connectivity index (χ4n) is 4.31. The molecule has 0 amide bonds. The molecule has 2 aliphatic heterocycles. The van der Waals surface area contributed by atoms with E-state index in [2.05, 4.69) is 68.2 Å². The number of rotatable bonds is 4. The van der Waals surface area contributed by atoms with Crippen molar-refractivity contribution in [3.63, 3.8) is 0 Å². The summed E-state index contributed by atoms with van der Waals surface area (Å²) in [6.07, 6.45) is 3.09. The molecule has 2 aromatic rings. The number of fused-ring (bicyclic) bond motifs is 2. The zero-order valence-electron chi connectivity index (χ0n) is 15.2. The van der Waals surface area contributed by atoms with Crippen LogP contribution in [-0.4, -0.2) is 47.2 Å². The lowest BCUT2D eigenvalue weighted by molar-refractivity contribution is 0.0671. The summed E-state index contributed by atoms with van der Waals surface area (Å²) in [6, 6.07) is 15.3. The number of aliphatic hydroxyl groups excluding tert-OH is 1. The standard InChI is InChI=1S/C22H27BrN2O/c23-21-8-7-20-14-24(10-3-6-18(20)12-21)15-22(26)16-25-11-9-17-4-1-2-5-19(17)13-25/h1-2,4-5,7-8,12,22,26H,3,6,9-11,13-16H2/t22-/m1/s1. The second-order valence-corrected chi connectivity index (χ2v) is 8.58. The summed E-state index contributed by atoms with van der Waals surface area (Å²) in [4.78, 5) is 4.82. The molecular formula is C22H27BrN2O. The van der Waals surface area contributed by atoms with Crippen molar-refractivity contribution < 1.29 is 5.11 Å². The largest absolute Gasteiger partial charge is 0.390 e. The van der Waals surface area contributed by atoms with Crippen molar-refractivity contribution in [2.45, 2.75) is 38.5 Å². The Kier molecular flexibility index (Phi) is 5.75. The average Bonchev–Trinajstić information content (AvgIpc) is 2.82. The van der Waals surface area contributed by atoms with E-state index in [1.165, 1.54) is 22.3 Å². The molecule has 0 bridgehead atoms. The number of halogens is 1. The van der Waals surface area contributed by atoms with E-state index >= 15 is 0 Å². The number of hydrogen-bond donors (Lipinski definition) is 1. The fourth-order valence-corrected chi connectivity index (χ4v) is 4.72. The van der Waals surface area contributed by atoms with Crippen LogP contribution in [0.4, 0.5) is 0 Å². The van der Waals surface area contributed by atoms with E-state index < -0.39 is 0 Å². The van der Waals surface area contributed by atoms with Gasteiger partial charge >= 0.3 is 0 Å². The van der Waals surface area contributed by atoms with Crippen molar-refractivity contribution in [2.24, 2.45) is 0 Å². The molecule has 2 aromatic carbocycles. The minimum atomic E-state index is -0.294. The molecule has 0 fully saturated rings. The Morgan fingerprint density at radius 1 is 0.846 bits per heavy atom. The first-order valence-electron chi connectivity index (χ1n) is 9.64. The predicted octanol–water partition coefficient (Wildman–Crippen LogP) is 3.62. The average molecular weight is 415 g/mol. The second kappa shape index (κ2) is 8.22. The molecule has 3 nitrogen and oxygen atoms in total. The Balaban J connectivity index is 1.33. The molecule has 0 unspecified atom stereocenters. The number of nitrogens with zero attached hydrogens (tertiary/aromatic N) is 2. The maximum absolute atomic E-state index is 10.7. The monoisotopic (exact) mass is 414 g/mol. The lowest BCUT2D eigenvalue weighted by atomic mass is 10.00. The molecule has 1 atom stereocenters. The highest BCUT2D eigenvalue weighted by Gasteiger charge is 2.21. The molecule has 0 aliphatic carbocycles. The van der Waals surface area contributed by atoms with E-state index in [4.69, 9.17) is 0 Å².